The molecule has 0 bridgehead atoms. The van der Waals surface area contributed by atoms with E-state index in [2.05, 4.69) is 46.9 Å². The fraction of sp³-hybridized carbons (Fsp3) is 0.625. The Balaban J connectivity index is 2.07. The minimum Gasteiger partial charge on any atom is -0.381 e. The summed E-state index contributed by atoms with van der Waals surface area (Å²) in [6, 6.07) is 8.45. The predicted octanol–water partition coefficient (Wildman–Crippen LogP) is 4.52. The number of rotatable bonds is 5. The number of hydrogen-bond acceptors (Lipinski definition) is 2. The third-order valence-electron chi connectivity index (χ3n) is 4.44. The molecule has 1 fully saturated rings. The highest BCUT2D eigenvalue weighted by Gasteiger charge is 2.34. The Morgan fingerprint density at radius 3 is 2.60 bits per heavy atom. The largest absolute Gasteiger partial charge is 0.381 e. The van der Waals surface area contributed by atoms with Crippen molar-refractivity contribution in [3.8, 4) is 0 Å². The summed E-state index contributed by atoms with van der Waals surface area (Å²) >= 11 is 10.0. The normalized spacial score (nSPS) is 20.1. The molecule has 1 aliphatic heterocycles. The molecule has 0 spiro atoms. The highest BCUT2D eigenvalue weighted by Crippen LogP contribution is 2.36. The fourth-order valence-corrected chi connectivity index (χ4v) is 3.89. The molecule has 1 aromatic rings. The number of hydrogen-bond donors (Lipinski definition) is 0. The average Bonchev–Trinajstić information content (AvgIpc) is 2.48. The maximum Gasteiger partial charge on any atom is 0.0472 e. The summed E-state index contributed by atoms with van der Waals surface area (Å²) in [5.74, 6) is 0. The van der Waals surface area contributed by atoms with Crippen LogP contribution in [-0.2, 0) is 4.74 Å². The van der Waals surface area contributed by atoms with Gasteiger partial charge in [-0.1, -0.05) is 45.7 Å². The van der Waals surface area contributed by atoms with Crippen molar-refractivity contribution in [2.45, 2.75) is 25.8 Å². The van der Waals surface area contributed by atoms with Gasteiger partial charge in [-0.15, -0.1) is 0 Å². The smallest absolute Gasteiger partial charge is 0.0472 e. The second kappa shape index (κ2) is 7.26. The SMILES string of the molecule is CC(c1ccccc1Cl)N(C)CC1(CBr)CCOCC1. The van der Waals surface area contributed by atoms with Gasteiger partial charge in [0.05, 0.1) is 0 Å². The standard InChI is InChI=1S/C16H23BrClNO/c1-13(14-5-3-4-6-15(14)18)19(2)12-16(11-17)7-9-20-10-8-16/h3-6,13H,7-12H2,1-2H3. The van der Waals surface area contributed by atoms with Crippen LogP contribution in [0.3, 0.4) is 0 Å². The molecule has 0 aliphatic carbocycles. The Bertz CT molecular complexity index is 434. The van der Waals surface area contributed by atoms with Gasteiger partial charge in [-0.25, -0.2) is 0 Å². The molecule has 112 valence electrons. The molecule has 1 atom stereocenters. The van der Waals surface area contributed by atoms with Crippen molar-refractivity contribution in [1.29, 1.82) is 0 Å². The van der Waals surface area contributed by atoms with Crippen molar-refractivity contribution in [3.63, 3.8) is 0 Å². The van der Waals surface area contributed by atoms with E-state index in [1.54, 1.807) is 0 Å². The van der Waals surface area contributed by atoms with Crippen LogP contribution in [0.5, 0.6) is 0 Å². The second-order valence-electron chi connectivity index (χ2n) is 5.86. The summed E-state index contributed by atoms with van der Waals surface area (Å²) in [6.07, 6.45) is 2.25. The molecule has 1 aromatic carbocycles. The van der Waals surface area contributed by atoms with Gasteiger partial charge in [-0.3, -0.25) is 4.90 Å². The molecular formula is C16H23BrClNO. The molecule has 20 heavy (non-hydrogen) atoms. The number of nitrogens with zero attached hydrogens (tertiary/aromatic N) is 1. The molecule has 0 aromatic heterocycles. The zero-order valence-electron chi connectivity index (χ0n) is 12.2. The van der Waals surface area contributed by atoms with Crippen molar-refractivity contribution in [3.05, 3.63) is 34.9 Å². The molecule has 1 saturated heterocycles. The van der Waals surface area contributed by atoms with Crippen LogP contribution in [0.2, 0.25) is 5.02 Å². The lowest BCUT2D eigenvalue weighted by Crippen LogP contribution is -2.42. The van der Waals surface area contributed by atoms with E-state index in [9.17, 15) is 0 Å². The van der Waals surface area contributed by atoms with Crippen LogP contribution in [0.25, 0.3) is 0 Å². The molecule has 4 heteroatoms. The first-order chi connectivity index (χ1) is 9.58. The van der Waals surface area contributed by atoms with E-state index in [1.807, 2.05) is 12.1 Å². The zero-order valence-corrected chi connectivity index (χ0v) is 14.6. The van der Waals surface area contributed by atoms with E-state index in [-0.39, 0.29) is 0 Å². The van der Waals surface area contributed by atoms with Gasteiger partial charge in [-0.05, 0) is 43.9 Å². The van der Waals surface area contributed by atoms with E-state index in [0.29, 0.717) is 11.5 Å². The van der Waals surface area contributed by atoms with Crippen molar-refractivity contribution in [2.24, 2.45) is 5.41 Å². The van der Waals surface area contributed by atoms with E-state index in [1.165, 1.54) is 5.56 Å². The molecule has 0 radical (unpaired) electrons. The van der Waals surface area contributed by atoms with Gasteiger partial charge in [0.1, 0.15) is 0 Å². The topological polar surface area (TPSA) is 12.5 Å². The lowest BCUT2D eigenvalue weighted by Gasteiger charge is -2.40. The van der Waals surface area contributed by atoms with E-state index >= 15 is 0 Å². The molecule has 1 unspecified atom stereocenters. The van der Waals surface area contributed by atoms with Gasteiger partial charge in [0, 0.05) is 36.2 Å². The van der Waals surface area contributed by atoms with Gasteiger partial charge in [0.25, 0.3) is 0 Å². The molecular weight excluding hydrogens is 338 g/mol. The average molecular weight is 361 g/mol. The van der Waals surface area contributed by atoms with Gasteiger partial charge in [-0.2, -0.15) is 0 Å². The quantitative estimate of drug-likeness (QED) is 0.716. The summed E-state index contributed by atoms with van der Waals surface area (Å²) in [7, 11) is 2.19. The third kappa shape index (κ3) is 3.76. The third-order valence-corrected chi connectivity index (χ3v) is 5.97. The summed E-state index contributed by atoms with van der Waals surface area (Å²) in [4.78, 5) is 2.41. The van der Waals surface area contributed by atoms with Crippen LogP contribution in [0.1, 0.15) is 31.4 Å². The van der Waals surface area contributed by atoms with Crippen LogP contribution in [-0.4, -0.2) is 37.0 Å². The first-order valence-corrected chi connectivity index (χ1v) is 8.66. The summed E-state index contributed by atoms with van der Waals surface area (Å²) in [6.45, 7) is 5.04. The Morgan fingerprint density at radius 1 is 1.35 bits per heavy atom. The Morgan fingerprint density at radius 2 is 2.00 bits per heavy atom. The van der Waals surface area contributed by atoms with Crippen LogP contribution in [0.15, 0.2) is 24.3 Å². The molecule has 0 amide bonds. The summed E-state index contributed by atoms with van der Waals surface area (Å²) < 4.78 is 5.51. The van der Waals surface area contributed by atoms with Crippen LogP contribution < -0.4 is 0 Å². The monoisotopic (exact) mass is 359 g/mol. The first kappa shape index (κ1) is 16.3. The molecule has 0 saturated carbocycles. The Hall–Kier alpha value is -0.0900. The van der Waals surface area contributed by atoms with Crippen LogP contribution >= 0.6 is 27.5 Å². The maximum atomic E-state index is 6.32. The number of ether oxygens (including phenoxy) is 1. The lowest BCUT2D eigenvalue weighted by atomic mass is 9.81. The second-order valence-corrected chi connectivity index (χ2v) is 6.83. The van der Waals surface area contributed by atoms with E-state index in [4.69, 9.17) is 16.3 Å². The highest BCUT2D eigenvalue weighted by atomic mass is 79.9. The number of halogens is 2. The molecule has 1 aliphatic rings. The molecule has 2 nitrogen and oxygen atoms in total. The van der Waals surface area contributed by atoms with Gasteiger partial charge < -0.3 is 4.74 Å². The first-order valence-electron chi connectivity index (χ1n) is 7.16. The molecule has 1 heterocycles. The van der Waals surface area contributed by atoms with E-state index < -0.39 is 0 Å². The van der Waals surface area contributed by atoms with Gasteiger partial charge >= 0.3 is 0 Å². The predicted molar refractivity (Wildman–Crippen MR) is 88.8 cm³/mol. The summed E-state index contributed by atoms with van der Waals surface area (Å²) in [5, 5.41) is 1.88. The maximum absolute atomic E-state index is 6.32. The van der Waals surface area contributed by atoms with Gasteiger partial charge in [0.15, 0.2) is 0 Å². The molecule has 0 N–H and O–H groups in total. The number of benzene rings is 1. The van der Waals surface area contributed by atoms with Crippen LogP contribution in [0, 0.1) is 5.41 Å². The van der Waals surface area contributed by atoms with Gasteiger partial charge in [0.2, 0.25) is 0 Å². The minimum atomic E-state index is 0.322. The Labute approximate surface area is 135 Å². The highest BCUT2D eigenvalue weighted by molar-refractivity contribution is 9.09. The molecule has 2 rings (SSSR count). The Kier molecular flexibility index (Phi) is 5.91. The summed E-state index contributed by atoms with van der Waals surface area (Å²) in [5.41, 5.74) is 1.52. The zero-order chi connectivity index (χ0) is 14.6. The number of alkyl halides is 1. The van der Waals surface area contributed by atoms with Crippen molar-refractivity contribution in [2.75, 3.05) is 32.1 Å². The van der Waals surface area contributed by atoms with Crippen molar-refractivity contribution in [1.82, 2.24) is 4.90 Å². The van der Waals surface area contributed by atoms with Crippen molar-refractivity contribution < 1.29 is 4.74 Å². The van der Waals surface area contributed by atoms with Crippen molar-refractivity contribution >= 4 is 27.5 Å². The fourth-order valence-electron chi connectivity index (χ4n) is 2.86. The van der Waals surface area contributed by atoms with E-state index in [0.717, 1.165) is 43.0 Å². The lowest BCUT2D eigenvalue weighted by molar-refractivity contribution is 0.00676. The minimum absolute atomic E-state index is 0.322. The van der Waals surface area contributed by atoms with Crippen LogP contribution in [0.4, 0.5) is 0 Å².